The van der Waals surface area contributed by atoms with Crippen molar-refractivity contribution in [3.05, 3.63) is 11.9 Å². The maximum absolute atomic E-state index is 10.6. The van der Waals surface area contributed by atoms with E-state index in [1.807, 2.05) is 6.92 Å². The van der Waals surface area contributed by atoms with Gasteiger partial charge in [-0.25, -0.2) is 4.98 Å². The lowest BCUT2D eigenvalue weighted by molar-refractivity contribution is -0.133. The minimum absolute atomic E-state index is 0.0357. The topological polar surface area (TPSA) is 64.3 Å². The standard InChI is InChI=1S/C12H18N2O3S/c1-9-6-13-11(18-7-10(15)16)14(9)8-12(2)4-3-5-17-12/h6H,3-5,7-8H2,1-2H3,(H,15,16). The van der Waals surface area contributed by atoms with Gasteiger partial charge in [-0.1, -0.05) is 11.8 Å². The van der Waals surface area contributed by atoms with Crippen molar-refractivity contribution < 1.29 is 14.6 Å². The molecule has 18 heavy (non-hydrogen) atoms. The number of hydrogen-bond acceptors (Lipinski definition) is 4. The number of carboxylic acids is 1. The molecule has 0 radical (unpaired) electrons. The maximum Gasteiger partial charge on any atom is 0.313 e. The fourth-order valence-corrected chi connectivity index (χ4v) is 2.91. The number of aliphatic carboxylic acids is 1. The van der Waals surface area contributed by atoms with E-state index in [-0.39, 0.29) is 11.4 Å². The van der Waals surface area contributed by atoms with Crippen LogP contribution >= 0.6 is 11.8 Å². The number of ether oxygens (including phenoxy) is 1. The van der Waals surface area contributed by atoms with Crippen LogP contribution < -0.4 is 0 Å². The van der Waals surface area contributed by atoms with Crippen LogP contribution in [0.2, 0.25) is 0 Å². The van der Waals surface area contributed by atoms with Gasteiger partial charge in [0.15, 0.2) is 5.16 Å². The number of nitrogens with zero attached hydrogens (tertiary/aromatic N) is 2. The number of rotatable bonds is 5. The molecule has 0 saturated carbocycles. The molecule has 1 fully saturated rings. The molecule has 1 aliphatic rings. The zero-order valence-corrected chi connectivity index (χ0v) is 11.5. The van der Waals surface area contributed by atoms with Crippen molar-refractivity contribution in [3.63, 3.8) is 0 Å². The third-order valence-corrected chi connectivity index (χ3v) is 4.11. The highest BCUT2D eigenvalue weighted by atomic mass is 32.2. The number of aromatic nitrogens is 2. The molecule has 0 bridgehead atoms. The summed E-state index contributed by atoms with van der Waals surface area (Å²) >= 11 is 1.25. The van der Waals surface area contributed by atoms with Crippen LogP contribution in [0.15, 0.2) is 11.4 Å². The summed E-state index contributed by atoms with van der Waals surface area (Å²) in [7, 11) is 0. The van der Waals surface area contributed by atoms with Crippen LogP contribution in [0, 0.1) is 6.92 Å². The summed E-state index contributed by atoms with van der Waals surface area (Å²) in [5, 5.41) is 9.48. The number of carboxylic acid groups (broad SMARTS) is 1. The molecule has 1 aromatic rings. The Labute approximate surface area is 111 Å². The second kappa shape index (κ2) is 5.32. The van der Waals surface area contributed by atoms with Crippen molar-refractivity contribution in [2.75, 3.05) is 12.4 Å². The third kappa shape index (κ3) is 3.05. The lowest BCUT2D eigenvalue weighted by Crippen LogP contribution is -2.30. The highest BCUT2D eigenvalue weighted by molar-refractivity contribution is 7.99. The quantitative estimate of drug-likeness (QED) is 0.828. The Morgan fingerprint density at radius 3 is 3.11 bits per heavy atom. The molecule has 0 aromatic carbocycles. The summed E-state index contributed by atoms with van der Waals surface area (Å²) in [5.74, 6) is -0.788. The molecule has 2 rings (SSSR count). The first-order valence-corrected chi connectivity index (χ1v) is 6.99. The lowest BCUT2D eigenvalue weighted by atomic mass is 10.0. The second-order valence-corrected chi connectivity index (χ2v) is 5.80. The Hall–Kier alpha value is -1.01. The smallest absolute Gasteiger partial charge is 0.313 e. The molecule has 1 aliphatic heterocycles. The Bertz CT molecular complexity index is 439. The molecular formula is C12H18N2O3S. The molecular weight excluding hydrogens is 252 g/mol. The van der Waals surface area contributed by atoms with Crippen molar-refractivity contribution in [1.29, 1.82) is 0 Å². The maximum atomic E-state index is 10.6. The fourth-order valence-electron chi connectivity index (χ4n) is 2.17. The molecule has 0 aliphatic carbocycles. The normalized spacial score (nSPS) is 23.4. The molecule has 6 heteroatoms. The number of aryl methyl sites for hydroxylation is 1. The largest absolute Gasteiger partial charge is 0.481 e. The first kappa shape index (κ1) is 13.4. The summed E-state index contributed by atoms with van der Waals surface area (Å²) < 4.78 is 7.83. The van der Waals surface area contributed by atoms with Crippen LogP contribution in [0.1, 0.15) is 25.5 Å². The Kier molecular flexibility index (Phi) is 3.97. The van der Waals surface area contributed by atoms with Crippen molar-refractivity contribution >= 4 is 17.7 Å². The predicted octanol–water partition coefficient (Wildman–Crippen LogP) is 1.94. The van der Waals surface area contributed by atoms with Crippen molar-refractivity contribution in [2.45, 2.75) is 44.0 Å². The van der Waals surface area contributed by atoms with Gasteiger partial charge in [0, 0.05) is 18.5 Å². The Morgan fingerprint density at radius 1 is 1.72 bits per heavy atom. The number of hydrogen-bond donors (Lipinski definition) is 1. The van der Waals surface area contributed by atoms with E-state index in [1.165, 1.54) is 11.8 Å². The van der Waals surface area contributed by atoms with Gasteiger partial charge in [0.25, 0.3) is 0 Å². The highest BCUT2D eigenvalue weighted by Gasteiger charge is 2.31. The summed E-state index contributed by atoms with van der Waals surface area (Å²) in [4.78, 5) is 14.9. The molecule has 1 atom stereocenters. The summed E-state index contributed by atoms with van der Waals surface area (Å²) in [6.07, 6.45) is 3.90. The Balaban J connectivity index is 2.11. The van der Waals surface area contributed by atoms with Gasteiger partial charge in [-0.2, -0.15) is 0 Å². The van der Waals surface area contributed by atoms with Gasteiger partial charge in [-0.15, -0.1) is 0 Å². The summed E-state index contributed by atoms with van der Waals surface area (Å²) in [6.45, 7) is 5.63. The second-order valence-electron chi connectivity index (χ2n) is 4.85. The van der Waals surface area contributed by atoms with E-state index in [0.29, 0.717) is 0 Å². The zero-order valence-electron chi connectivity index (χ0n) is 10.7. The van der Waals surface area contributed by atoms with Crippen molar-refractivity contribution in [3.8, 4) is 0 Å². The molecule has 100 valence electrons. The number of carbonyl (C=O) groups is 1. The predicted molar refractivity (Wildman–Crippen MR) is 68.9 cm³/mol. The van der Waals surface area contributed by atoms with Crippen LogP contribution in [-0.4, -0.2) is 38.6 Å². The van der Waals surface area contributed by atoms with E-state index < -0.39 is 5.97 Å². The molecule has 1 aromatic heterocycles. The molecule has 1 unspecified atom stereocenters. The van der Waals surface area contributed by atoms with Crippen LogP contribution in [0.25, 0.3) is 0 Å². The zero-order chi connectivity index (χ0) is 13.2. The monoisotopic (exact) mass is 270 g/mol. The molecule has 0 spiro atoms. The van der Waals surface area contributed by atoms with Gasteiger partial charge in [-0.05, 0) is 26.7 Å². The van der Waals surface area contributed by atoms with Crippen LogP contribution in [0.5, 0.6) is 0 Å². The minimum Gasteiger partial charge on any atom is -0.481 e. The number of imidazole rings is 1. The van der Waals surface area contributed by atoms with Gasteiger partial charge in [0.1, 0.15) is 0 Å². The third-order valence-electron chi connectivity index (χ3n) is 3.14. The van der Waals surface area contributed by atoms with E-state index in [2.05, 4.69) is 16.5 Å². The van der Waals surface area contributed by atoms with Gasteiger partial charge >= 0.3 is 5.97 Å². The van der Waals surface area contributed by atoms with E-state index in [9.17, 15) is 4.79 Å². The van der Waals surface area contributed by atoms with Gasteiger partial charge < -0.3 is 14.4 Å². The molecule has 1 saturated heterocycles. The van der Waals surface area contributed by atoms with E-state index in [1.54, 1.807) is 6.20 Å². The molecule has 1 N–H and O–H groups in total. The first-order chi connectivity index (χ1) is 8.50. The first-order valence-electron chi connectivity index (χ1n) is 6.01. The summed E-state index contributed by atoms with van der Waals surface area (Å²) in [5.41, 5.74) is 0.892. The number of thioether (sulfide) groups is 1. The van der Waals surface area contributed by atoms with E-state index in [4.69, 9.17) is 9.84 Å². The fraction of sp³-hybridized carbons (Fsp3) is 0.667. The minimum atomic E-state index is -0.824. The average Bonchev–Trinajstić information content (AvgIpc) is 2.86. The van der Waals surface area contributed by atoms with Gasteiger partial charge in [0.2, 0.25) is 0 Å². The van der Waals surface area contributed by atoms with E-state index in [0.717, 1.165) is 36.8 Å². The van der Waals surface area contributed by atoms with Gasteiger partial charge in [0.05, 0.1) is 17.9 Å². The molecule has 0 amide bonds. The highest BCUT2D eigenvalue weighted by Crippen LogP contribution is 2.29. The molecule has 5 nitrogen and oxygen atoms in total. The summed E-state index contributed by atoms with van der Waals surface area (Å²) in [6, 6.07) is 0. The van der Waals surface area contributed by atoms with E-state index >= 15 is 0 Å². The van der Waals surface area contributed by atoms with Crippen LogP contribution in [0.3, 0.4) is 0 Å². The average molecular weight is 270 g/mol. The Morgan fingerprint density at radius 2 is 2.50 bits per heavy atom. The van der Waals surface area contributed by atoms with Crippen molar-refractivity contribution in [2.24, 2.45) is 0 Å². The lowest BCUT2D eigenvalue weighted by Gasteiger charge is -2.25. The molecule has 2 heterocycles. The van der Waals surface area contributed by atoms with Gasteiger partial charge in [-0.3, -0.25) is 4.79 Å². The van der Waals surface area contributed by atoms with Crippen molar-refractivity contribution in [1.82, 2.24) is 9.55 Å². The SMILES string of the molecule is Cc1cnc(SCC(=O)O)n1CC1(C)CCCO1. The van der Waals surface area contributed by atoms with Crippen LogP contribution in [0.4, 0.5) is 0 Å². The van der Waals surface area contributed by atoms with Crippen LogP contribution in [-0.2, 0) is 16.1 Å².